The summed E-state index contributed by atoms with van der Waals surface area (Å²) < 4.78 is 18.5. The molecular weight excluding hydrogens is 237 g/mol. The number of benzene rings is 1. The summed E-state index contributed by atoms with van der Waals surface area (Å²) in [4.78, 5) is 0. The molecule has 4 heteroatoms. The van der Waals surface area contributed by atoms with Crippen LogP contribution in [0.1, 0.15) is 19.4 Å². The van der Waals surface area contributed by atoms with Crippen molar-refractivity contribution in [2.45, 2.75) is 25.1 Å². The lowest BCUT2D eigenvalue weighted by Crippen LogP contribution is -2.31. The van der Waals surface area contributed by atoms with Gasteiger partial charge in [-0.1, -0.05) is 6.07 Å². The molecule has 0 aliphatic heterocycles. The largest absolute Gasteiger partial charge is 0.494 e. The number of methoxy groups -OCH3 is 1. The lowest BCUT2D eigenvalue weighted by Gasteiger charge is -2.22. The first kappa shape index (κ1) is 14.3. The number of hydrogen-bond acceptors (Lipinski definition) is 3. The maximum Gasteiger partial charge on any atom is 0.165 e. The first-order valence-electron chi connectivity index (χ1n) is 5.57. The highest BCUT2D eigenvalue weighted by atomic mass is 32.2. The van der Waals surface area contributed by atoms with Crippen molar-refractivity contribution in [2.24, 2.45) is 0 Å². The second-order valence-corrected chi connectivity index (χ2v) is 6.05. The highest BCUT2D eigenvalue weighted by Gasteiger charge is 2.14. The van der Waals surface area contributed by atoms with Gasteiger partial charge >= 0.3 is 0 Å². The number of hydrogen-bond donors (Lipinski definition) is 1. The SMILES string of the molecule is COc1ccc(CNCC(C)(C)SC)cc1F. The molecule has 0 spiro atoms. The molecule has 0 saturated carbocycles. The summed E-state index contributed by atoms with van der Waals surface area (Å²) in [5, 5.41) is 3.33. The predicted molar refractivity (Wildman–Crippen MR) is 72.3 cm³/mol. The molecule has 0 bridgehead atoms. The lowest BCUT2D eigenvalue weighted by atomic mass is 10.2. The average molecular weight is 257 g/mol. The third kappa shape index (κ3) is 4.56. The zero-order valence-electron chi connectivity index (χ0n) is 10.8. The third-order valence-corrected chi connectivity index (χ3v) is 3.90. The van der Waals surface area contributed by atoms with Crippen molar-refractivity contribution in [1.82, 2.24) is 5.32 Å². The summed E-state index contributed by atoms with van der Waals surface area (Å²) in [6, 6.07) is 5.05. The van der Waals surface area contributed by atoms with Crippen molar-refractivity contribution in [3.63, 3.8) is 0 Å². The molecule has 0 heterocycles. The number of ether oxygens (including phenoxy) is 1. The van der Waals surface area contributed by atoms with Crippen LogP contribution in [-0.2, 0) is 6.54 Å². The molecule has 1 rings (SSSR count). The molecule has 0 aliphatic carbocycles. The van der Waals surface area contributed by atoms with Crippen LogP contribution in [0.4, 0.5) is 4.39 Å². The van der Waals surface area contributed by atoms with Gasteiger partial charge in [-0.25, -0.2) is 4.39 Å². The Morgan fingerprint density at radius 1 is 1.41 bits per heavy atom. The molecule has 2 nitrogen and oxygen atoms in total. The van der Waals surface area contributed by atoms with Crippen LogP contribution in [0.3, 0.4) is 0 Å². The van der Waals surface area contributed by atoms with Crippen molar-refractivity contribution < 1.29 is 9.13 Å². The summed E-state index contributed by atoms with van der Waals surface area (Å²) in [6.07, 6.45) is 2.09. The Kier molecular flexibility index (Phi) is 5.28. The van der Waals surface area contributed by atoms with Crippen LogP contribution in [0.5, 0.6) is 5.75 Å². The first-order chi connectivity index (χ1) is 7.98. The minimum Gasteiger partial charge on any atom is -0.494 e. The summed E-state index contributed by atoms with van der Waals surface area (Å²) >= 11 is 1.81. The molecular formula is C13H20FNOS. The van der Waals surface area contributed by atoms with E-state index in [2.05, 4.69) is 25.4 Å². The van der Waals surface area contributed by atoms with Crippen LogP contribution in [-0.4, -0.2) is 24.7 Å². The fourth-order valence-corrected chi connectivity index (χ4v) is 1.65. The van der Waals surface area contributed by atoms with Gasteiger partial charge in [0.05, 0.1) is 7.11 Å². The number of thioether (sulfide) groups is 1. The summed E-state index contributed by atoms with van der Waals surface area (Å²) in [7, 11) is 1.47. The molecule has 0 fully saturated rings. The van der Waals surface area contributed by atoms with Gasteiger partial charge in [-0.05, 0) is 37.8 Å². The highest BCUT2D eigenvalue weighted by Crippen LogP contribution is 2.20. The van der Waals surface area contributed by atoms with Crippen molar-refractivity contribution >= 4 is 11.8 Å². The van der Waals surface area contributed by atoms with Crippen LogP contribution in [0.15, 0.2) is 18.2 Å². The molecule has 0 unspecified atom stereocenters. The molecule has 0 saturated heterocycles. The lowest BCUT2D eigenvalue weighted by molar-refractivity contribution is 0.386. The van der Waals surface area contributed by atoms with Gasteiger partial charge in [0.1, 0.15) is 0 Å². The smallest absolute Gasteiger partial charge is 0.165 e. The van der Waals surface area contributed by atoms with Gasteiger partial charge in [0, 0.05) is 17.8 Å². The Balaban J connectivity index is 2.50. The molecule has 0 aromatic heterocycles. The van der Waals surface area contributed by atoms with Crippen molar-refractivity contribution in [1.29, 1.82) is 0 Å². The number of nitrogens with one attached hydrogen (secondary N) is 1. The van der Waals surface area contributed by atoms with Crippen LogP contribution < -0.4 is 10.1 Å². The summed E-state index contributed by atoms with van der Waals surface area (Å²) in [6.45, 7) is 5.92. The molecule has 0 aliphatic rings. The fraction of sp³-hybridized carbons (Fsp3) is 0.538. The molecule has 0 amide bonds. The Morgan fingerprint density at radius 2 is 2.12 bits per heavy atom. The maximum absolute atomic E-state index is 13.4. The van der Waals surface area contributed by atoms with Gasteiger partial charge in [0.25, 0.3) is 0 Å². The maximum atomic E-state index is 13.4. The second kappa shape index (κ2) is 6.26. The Labute approximate surface area is 107 Å². The molecule has 96 valence electrons. The molecule has 1 N–H and O–H groups in total. The summed E-state index contributed by atoms with van der Waals surface area (Å²) in [5.41, 5.74) is 0.931. The number of halogens is 1. The van der Waals surface area contributed by atoms with Gasteiger partial charge in [-0.15, -0.1) is 0 Å². The van der Waals surface area contributed by atoms with E-state index in [0.29, 0.717) is 6.54 Å². The summed E-state index contributed by atoms with van der Waals surface area (Å²) in [5.74, 6) is -0.0193. The van der Waals surface area contributed by atoms with E-state index in [-0.39, 0.29) is 16.3 Å². The third-order valence-electron chi connectivity index (χ3n) is 2.65. The van der Waals surface area contributed by atoms with E-state index < -0.39 is 0 Å². The van der Waals surface area contributed by atoms with E-state index >= 15 is 0 Å². The van der Waals surface area contributed by atoms with Crippen LogP contribution in [0.2, 0.25) is 0 Å². The van der Waals surface area contributed by atoms with E-state index in [9.17, 15) is 4.39 Å². The standard InChI is InChI=1S/C13H20FNOS/c1-13(2,17-4)9-15-8-10-5-6-12(16-3)11(14)7-10/h5-7,15H,8-9H2,1-4H3. The number of rotatable bonds is 6. The molecule has 0 radical (unpaired) electrons. The fourth-order valence-electron chi connectivity index (χ4n) is 1.40. The zero-order valence-corrected chi connectivity index (χ0v) is 11.7. The molecule has 1 aromatic carbocycles. The van der Waals surface area contributed by atoms with Gasteiger partial charge in [0.15, 0.2) is 11.6 Å². The van der Waals surface area contributed by atoms with Gasteiger partial charge < -0.3 is 10.1 Å². The Morgan fingerprint density at radius 3 is 2.65 bits per heavy atom. The predicted octanol–water partition coefficient (Wildman–Crippen LogP) is 3.07. The van der Waals surface area contributed by atoms with Crippen molar-refractivity contribution in [3.05, 3.63) is 29.6 Å². The van der Waals surface area contributed by atoms with Crippen molar-refractivity contribution in [3.8, 4) is 5.75 Å². The molecule has 0 atom stereocenters. The van der Waals surface area contributed by atoms with E-state index in [0.717, 1.165) is 12.1 Å². The van der Waals surface area contributed by atoms with Crippen LogP contribution >= 0.6 is 11.8 Å². The quantitative estimate of drug-likeness (QED) is 0.846. The van der Waals surface area contributed by atoms with Crippen LogP contribution in [0, 0.1) is 5.82 Å². The van der Waals surface area contributed by atoms with Crippen molar-refractivity contribution in [2.75, 3.05) is 19.9 Å². The second-order valence-electron chi connectivity index (χ2n) is 4.54. The highest BCUT2D eigenvalue weighted by molar-refractivity contribution is 7.99. The topological polar surface area (TPSA) is 21.3 Å². The zero-order chi connectivity index (χ0) is 12.9. The molecule has 1 aromatic rings. The van der Waals surface area contributed by atoms with Gasteiger partial charge in [-0.3, -0.25) is 0 Å². The minimum absolute atomic E-state index is 0.199. The Hall–Kier alpha value is -0.740. The Bertz CT molecular complexity index is 368. The van der Waals surface area contributed by atoms with E-state index in [1.807, 2.05) is 17.8 Å². The molecule has 17 heavy (non-hydrogen) atoms. The van der Waals surface area contributed by atoms with E-state index in [4.69, 9.17) is 4.74 Å². The normalized spacial score (nSPS) is 11.6. The monoisotopic (exact) mass is 257 g/mol. The average Bonchev–Trinajstić information content (AvgIpc) is 2.29. The van der Waals surface area contributed by atoms with Crippen LogP contribution in [0.25, 0.3) is 0 Å². The van der Waals surface area contributed by atoms with E-state index in [1.165, 1.54) is 13.2 Å². The first-order valence-corrected chi connectivity index (χ1v) is 6.79. The van der Waals surface area contributed by atoms with Gasteiger partial charge in [-0.2, -0.15) is 11.8 Å². The van der Waals surface area contributed by atoms with Gasteiger partial charge in [0.2, 0.25) is 0 Å². The van der Waals surface area contributed by atoms with E-state index in [1.54, 1.807) is 6.07 Å². The minimum atomic E-state index is -0.309.